The van der Waals surface area contributed by atoms with E-state index in [1.165, 1.54) is 0 Å². The van der Waals surface area contributed by atoms with Crippen molar-refractivity contribution in [1.82, 2.24) is 19.9 Å². The van der Waals surface area contributed by atoms with Gasteiger partial charge in [-0.1, -0.05) is 12.1 Å². The van der Waals surface area contributed by atoms with E-state index in [-0.39, 0.29) is 11.8 Å². The largest absolute Gasteiger partial charge is 0.378 e. The zero-order valence-electron chi connectivity index (χ0n) is 16.4. The predicted octanol–water partition coefficient (Wildman–Crippen LogP) is 2.01. The van der Waals surface area contributed by atoms with Gasteiger partial charge >= 0.3 is 0 Å². The van der Waals surface area contributed by atoms with Crippen LogP contribution in [0.1, 0.15) is 35.9 Å². The van der Waals surface area contributed by atoms with Gasteiger partial charge < -0.3 is 19.1 Å². The van der Waals surface area contributed by atoms with Gasteiger partial charge in [0.15, 0.2) is 5.82 Å². The first-order valence-electron chi connectivity index (χ1n) is 9.62. The number of ether oxygens (including phenoxy) is 1. The van der Waals surface area contributed by atoms with Gasteiger partial charge in [-0.25, -0.2) is 0 Å². The van der Waals surface area contributed by atoms with Gasteiger partial charge in [-0.05, 0) is 30.7 Å². The molecule has 0 unspecified atom stereocenters. The molecule has 1 saturated heterocycles. The first kappa shape index (κ1) is 20.0. The first-order chi connectivity index (χ1) is 13.6. The number of benzene rings is 1. The lowest BCUT2D eigenvalue weighted by atomic mass is 10.1. The summed E-state index contributed by atoms with van der Waals surface area (Å²) in [5.74, 6) is 1.08. The fourth-order valence-electron chi connectivity index (χ4n) is 2.97. The maximum absolute atomic E-state index is 12.5. The quantitative estimate of drug-likeness (QED) is 0.723. The van der Waals surface area contributed by atoms with E-state index in [0.29, 0.717) is 63.0 Å². The molecular weight excluding hydrogens is 360 g/mol. The Labute approximate surface area is 164 Å². The van der Waals surface area contributed by atoms with Gasteiger partial charge in [0.1, 0.15) is 0 Å². The van der Waals surface area contributed by atoms with Crippen molar-refractivity contribution in [3.63, 3.8) is 0 Å². The number of nitrogens with zero attached hydrogens (tertiary/aromatic N) is 4. The van der Waals surface area contributed by atoms with Crippen LogP contribution < -0.4 is 0 Å². The topological polar surface area (TPSA) is 88.8 Å². The molecule has 8 heteroatoms. The lowest BCUT2D eigenvalue weighted by Crippen LogP contribution is -2.40. The second kappa shape index (κ2) is 9.45. The summed E-state index contributed by atoms with van der Waals surface area (Å²) in [7, 11) is 1.78. The Hall–Kier alpha value is -2.74. The van der Waals surface area contributed by atoms with Crippen molar-refractivity contribution < 1.29 is 18.8 Å². The van der Waals surface area contributed by atoms with Crippen LogP contribution in [0.25, 0.3) is 11.5 Å². The molecule has 0 atom stereocenters. The van der Waals surface area contributed by atoms with Crippen LogP contribution in [0.5, 0.6) is 0 Å². The van der Waals surface area contributed by atoms with Crippen LogP contribution in [0.3, 0.4) is 0 Å². The predicted molar refractivity (Wildman–Crippen MR) is 103 cm³/mol. The smallest absolute Gasteiger partial charge is 0.257 e. The Morgan fingerprint density at radius 2 is 1.89 bits per heavy atom. The Bertz CT molecular complexity index is 797. The lowest BCUT2D eigenvalue weighted by Gasteiger charge is -2.26. The highest BCUT2D eigenvalue weighted by Gasteiger charge is 2.19. The highest BCUT2D eigenvalue weighted by Crippen LogP contribution is 2.19. The number of carbonyl (C=O) groups is 2. The molecule has 150 valence electrons. The molecule has 28 heavy (non-hydrogen) atoms. The molecule has 3 rings (SSSR count). The van der Waals surface area contributed by atoms with Crippen LogP contribution in [-0.2, 0) is 16.0 Å². The molecule has 1 aliphatic heterocycles. The van der Waals surface area contributed by atoms with Gasteiger partial charge in [0.25, 0.3) is 11.8 Å². The molecule has 1 aromatic carbocycles. The van der Waals surface area contributed by atoms with Gasteiger partial charge in [-0.15, -0.1) is 0 Å². The van der Waals surface area contributed by atoms with Crippen molar-refractivity contribution in [3.05, 3.63) is 35.7 Å². The SMILES string of the molecule is CCCC(=O)N(C)CCc1noc(-c2ccc(C(=O)N3CCOCC3)cc2)n1. The molecule has 1 fully saturated rings. The summed E-state index contributed by atoms with van der Waals surface area (Å²) in [6, 6.07) is 7.16. The fourth-order valence-corrected chi connectivity index (χ4v) is 2.97. The lowest BCUT2D eigenvalue weighted by molar-refractivity contribution is -0.129. The zero-order valence-corrected chi connectivity index (χ0v) is 16.4. The van der Waals surface area contributed by atoms with Crippen LogP contribution in [0.4, 0.5) is 0 Å². The monoisotopic (exact) mass is 386 g/mol. The number of morpholine rings is 1. The number of hydrogen-bond acceptors (Lipinski definition) is 6. The third-order valence-electron chi connectivity index (χ3n) is 4.71. The highest BCUT2D eigenvalue weighted by molar-refractivity contribution is 5.94. The van der Waals surface area contributed by atoms with Crippen molar-refractivity contribution in [2.75, 3.05) is 39.9 Å². The standard InChI is InChI=1S/C20H26N4O4/c1-3-4-18(25)23(2)10-9-17-21-19(28-22-17)15-5-7-16(8-6-15)20(26)24-11-13-27-14-12-24/h5-8H,3-4,9-14H2,1-2H3. The number of rotatable bonds is 7. The third kappa shape index (κ3) is 4.95. The molecule has 2 heterocycles. The summed E-state index contributed by atoms with van der Waals surface area (Å²) < 4.78 is 10.6. The second-order valence-corrected chi connectivity index (χ2v) is 6.81. The minimum atomic E-state index is 0.000789. The molecule has 0 N–H and O–H groups in total. The molecule has 0 spiro atoms. The molecular formula is C20H26N4O4. The van der Waals surface area contributed by atoms with Crippen molar-refractivity contribution in [2.45, 2.75) is 26.2 Å². The van der Waals surface area contributed by atoms with E-state index in [0.717, 1.165) is 12.0 Å². The molecule has 2 aromatic rings. The van der Waals surface area contributed by atoms with E-state index in [1.807, 2.05) is 19.1 Å². The number of carbonyl (C=O) groups excluding carboxylic acids is 2. The first-order valence-corrected chi connectivity index (χ1v) is 9.62. The van der Waals surface area contributed by atoms with Crippen molar-refractivity contribution in [3.8, 4) is 11.5 Å². The average Bonchev–Trinajstić information content (AvgIpc) is 3.21. The van der Waals surface area contributed by atoms with Crippen LogP contribution >= 0.6 is 0 Å². The second-order valence-electron chi connectivity index (χ2n) is 6.81. The molecule has 0 aliphatic carbocycles. The van der Waals surface area contributed by atoms with Crippen molar-refractivity contribution >= 4 is 11.8 Å². The summed E-state index contributed by atoms with van der Waals surface area (Å²) in [5.41, 5.74) is 1.38. The van der Waals surface area contributed by atoms with Gasteiger partial charge in [0.05, 0.1) is 13.2 Å². The van der Waals surface area contributed by atoms with E-state index in [2.05, 4.69) is 10.1 Å². The summed E-state index contributed by atoms with van der Waals surface area (Å²) in [6.45, 7) is 4.91. The number of aromatic nitrogens is 2. The Morgan fingerprint density at radius 1 is 1.18 bits per heavy atom. The van der Waals surface area contributed by atoms with Crippen LogP contribution in [-0.4, -0.2) is 71.7 Å². The van der Waals surface area contributed by atoms with Gasteiger partial charge in [-0.2, -0.15) is 4.98 Å². The summed E-state index contributed by atoms with van der Waals surface area (Å²) in [5, 5.41) is 3.99. The Morgan fingerprint density at radius 3 is 2.57 bits per heavy atom. The van der Waals surface area contributed by atoms with Crippen LogP contribution in [0.2, 0.25) is 0 Å². The summed E-state index contributed by atoms with van der Waals surface area (Å²) in [6.07, 6.45) is 1.91. The molecule has 2 amide bonds. The van der Waals surface area contributed by atoms with E-state index in [1.54, 1.807) is 29.0 Å². The molecule has 0 saturated carbocycles. The van der Waals surface area contributed by atoms with E-state index >= 15 is 0 Å². The number of amides is 2. The average molecular weight is 386 g/mol. The molecule has 0 radical (unpaired) electrons. The van der Waals surface area contributed by atoms with Crippen molar-refractivity contribution in [1.29, 1.82) is 0 Å². The third-order valence-corrected chi connectivity index (χ3v) is 4.71. The minimum absolute atomic E-state index is 0.000789. The fraction of sp³-hybridized carbons (Fsp3) is 0.500. The summed E-state index contributed by atoms with van der Waals surface area (Å²) in [4.78, 5) is 32.2. The highest BCUT2D eigenvalue weighted by atomic mass is 16.5. The maximum Gasteiger partial charge on any atom is 0.257 e. The van der Waals surface area contributed by atoms with Crippen molar-refractivity contribution in [2.24, 2.45) is 0 Å². The molecule has 1 aliphatic rings. The minimum Gasteiger partial charge on any atom is -0.378 e. The van der Waals surface area contributed by atoms with E-state index < -0.39 is 0 Å². The Balaban J connectivity index is 1.58. The zero-order chi connectivity index (χ0) is 19.9. The molecule has 0 bridgehead atoms. The number of likely N-dealkylation sites (N-methyl/N-ethyl adjacent to an activating group) is 1. The van der Waals surface area contributed by atoms with E-state index in [9.17, 15) is 9.59 Å². The normalized spacial score (nSPS) is 14.1. The maximum atomic E-state index is 12.5. The number of hydrogen-bond donors (Lipinski definition) is 0. The molecule has 1 aromatic heterocycles. The van der Waals surface area contributed by atoms with Crippen LogP contribution in [0.15, 0.2) is 28.8 Å². The van der Waals surface area contributed by atoms with Gasteiger partial charge in [0, 0.05) is 50.7 Å². The van der Waals surface area contributed by atoms with Gasteiger partial charge in [0.2, 0.25) is 5.91 Å². The molecule has 8 nitrogen and oxygen atoms in total. The van der Waals surface area contributed by atoms with E-state index in [4.69, 9.17) is 9.26 Å². The summed E-state index contributed by atoms with van der Waals surface area (Å²) >= 11 is 0. The van der Waals surface area contributed by atoms with Crippen LogP contribution in [0, 0.1) is 0 Å². The van der Waals surface area contributed by atoms with Gasteiger partial charge in [-0.3, -0.25) is 9.59 Å². The Kier molecular flexibility index (Phi) is 6.76.